The molecule has 0 aliphatic rings. The third kappa shape index (κ3) is 3.53. The zero-order valence-electron chi connectivity index (χ0n) is 9.07. The Hall–Kier alpha value is -1.07. The summed E-state index contributed by atoms with van der Waals surface area (Å²) in [7, 11) is 0. The number of aromatic nitrogens is 1. The molecule has 3 N–H and O–H groups in total. The Balaban J connectivity index is 2.70. The van der Waals surface area contributed by atoms with Crippen LogP contribution < -0.4 is 11.1 Å². The molecule has 5 heteroatoms. The molecule has 0 saturated heterocycles. The fourth-order valence-corrected chi connectivity index (χ4v) is 1.21. The van der Waals surface area contributed by atoms with Crippen LogP contribution in [-0.4, -0.2) is 22.7 Å². The first-order chi connectivity index (χ1) is 6.93. The van der Waals surface area contributed by atoms with Crippen molar-refractivity contribution in [2.24, 2.45) is 5.73 Å². The number of nitrogens with one attached hydrogen (secondary N) is 1. The lowest BCUT2D eigenvalue weighted by atomic mass is 10.1. The smallest absolute Gasteiger partial charge is 0.245 e. The van der Waals surface area contributed by atoms with E-state index in [1.165, 1.54) is 0 Å². The number of carbonyl (C=O) groups excluding carboxylic acids is 1. The number of amides is 1. The van der Waals surface area contributed by atoms with E-state index >= 15 is 0 Å². The van der Waals surface area contributed by atoms with Crippen LogP contribution in [0.5, 0.6) is 0 Å². The summed E-state index contributed by atoms with van der Waals surface area (Å²) in [5, 5.41) is 2.65. The quantitative estimate of drug-likeness (QED) is 0.765. The molecule has 0 aromatic carbocycles. The van der Waals surface area contributed by atoms with E-state index < -0.39 is 5.54 Å². The molecular formula is C10H15N3OS. The van der Waals surface area contributed by atoms with Crippen LogP contribution in [-0.2, 0) is 4.79 Å². The van der Waals surface area contributed by atoms with Crippen molar-refractivity contribution in [2.75, 3.05) is 11.6 Å². The Bertz CT molecular complexity index is 343. The van der Waals surface area contributed by atoms with Gasteiger partial charge in [-0.05, 0) is 32.2 Å². The number of nitrogens with two attached hydrogens (primary N) is 1. The van der Waals surface area contributed by atoms with Gasteiger partial charge in [0.05, 0.1) is 5.54 Å². The molecule has 0 saturated carbocycles. The van der Waals surface area contributed by atoms with E-state index in [9.17, 15) is 4.79 Å². The molecule has 1 aromatic rings. The fraction of sp³-hybridized carbons (Fsp3) is 0.400. The monoisotopic (exact) mass is 225 g/mol. The van der Waals surface area contributed by atoms with Crippen LogP contribution in [0.4, 0.5) is 5.82 Å². The summed E-state index contributed by atoms with van der Waals surface area (Å²) in [5.41, 5.74) is 4.75. The molecule has 0 unspecified atom stereocenters. The van der Waals surface area contributed by atoms with Crippen molar-refractivity contribution >= 4 is 23.5 Å². The normalized spacial score (nSPS) is 11.2. The third-order valence-electron chi connectivity index (χ3n) is 1.80. The van der Waals surface area contributed by atoms with Crippen molar-refractivity contribution in [3.05, 3.63) is 18.3 Å². The van der Waals surface area contributed by atoms with Gasteiger partial charge in [0.25, 0.3) is 0 Å². The largest absolute Gasteiger partial charge is 0.318 e. The zero-order valence-corrected chi connectivity index (χ0v) is 9.89. The van der Waals surface area contributed by atoms with E-state index in [4.69, 9.17) is 5.73 Å². The van der Waals surface area contributed by atoms with Crippen LogP contribution in [0.15, 0.2) is 23.2 Å². The van der Waals surface area contributed by atoms with Crippen molar-refractivity contribution in [3.63, 3.8) is 0 Å². The van der Waals surface area contributed by atoms with Crippen LogP contribution in [0.1, 0.15) is 13.8 Å². The maximum Gasteiger partial charge on any atom is 0.245 e. The van der Waals surface area contributed by atoms with Crippen LogP contribution in [0, 0.1) is 0 Å². The molecule has 1 amide bonds. The van der Waals surface area contributed by atoms with Crippen LogP contribution in [0.3, 0.4) is 0 Å². The minimum absolute atomic E-state index is 0.244. The lowest BCUT2D eigenvalue weighted by molar-refractivity contribution is -0.120. The predicted octanol–water partition coefficient (Wildman–Crippen LogP) is 1.48. The van der Waals surface area contributed by atoms with Crippen molar-refractivity contribution in [3.8, 4) is 0 Å². The Kier molecular flexibility index (Phi) is 3.71. The van der Waals surface area contributed by atoms with E-state index in [1.54, 1.807) is 37.9 Å². The second-order valence-corrected chi connectivity index (χ2v) is 4.64. The van der Waals surface area contributed by atoms with Crippen molar-refractivity contribution < 1.29 is 4.79 Å². The predicted molar refractivity (Wildman–Crippen MR) is 62.9 cm³/mol. The van der Waals surface area contributed by atoms with Crippen LogP contribution in [0.2, 0.25) is 0 Å². The molecule has 0 radical (unpaired) electrons. The maximum absolute atomic E-state index is 11.5. The number of nitrogens with zero attached hydrogens (tertiary/aromatic N) is 1. The summed E-state index contributed by atoms with van der Waals surface area (Å²) < 4.78 is 0. The minimum Gasteiger partial charge on any atom is -0.318 e. The van der Waals surface area contributed by atoms with Crippen LogP contribution >= 0.6 is 11.8 Å². The number of rotatable bonds is 3. The van der Waals surface area contributed by atoms with E-state index in [2.05, 4.69) is 10.3 Å². The highest BCUT2D eigenvalue weighted by Crippen LogP contribution is 2.15. The van der Waals surface area contributed by atoms with Crippen LogP contribution in [0.25, 0.3) is 0 Å². The Morgan fingerprint density at radius 2 is 2.20 bits per heavy atom. The van der Waals surface area contributed by atoms with Gasteiger partial charge in [-0.3, -0.25) is 4.79 Å². The first-order valence-electron chi connectivity index (χ1n) is 4.54. The van der Waals surface area contributed by atoms with Gasteiger partial charge < -0.3 is 11.1 Å². The van der Waals surface area contributed by atoms with Gasteiger partial charge in [-0.15, -0.1) is 11.8 Å². The molecule has 0 aliphatic heterocycles. The topological polar surface area (TPSA) is 68.0 Å². The number of hydrogen-bond acceptors (Lipinski definition) is 4. The molecule has 0 fully saturated rings. The fourth-order valence-electron chi connectivity index (χ4n) is 0.852. The summed E-state index contributed by atoms with van der Waals surface area (Å²) in [4.78, 5) is 16.7. The standard InChI is InChI=1S/C10H15N3OS/c1-10(2,11)9(14)13-8-5-4-7(15-3)6-12-8/h4-6H,11H2,1-3H3,(H,12,13,14). The summed E-state index contributed by atoms with van der Waals surface area (Å²) in [6, 6.07) is 3.66. The summed E-state index contributed by atoms with van der Waals surface area (Å²) >= 11 is 1.60. The second-order valence-electron chi connectivity index (χ2n) is 3.76. The number of pyridine rings is 1. The molecule has 1 aromatic heterocycles. The van der Waals surface area contributed by atoms with Gasteiger partial charge in [-0.1, -0.05) is 0 Å². The van der Waals surface area contributed by atoms with E-state index in [0.29, 0.717) is 5.82 Å². The lowest BCUT2D eigenvalue weighted by Crippen LogP contribution is -2.45. The molecule has 0 spiro atoms. The summed E-state index contributed by atoms with van der Waals surface area (Å²) in [6.45, 7) is 3.30. The van der Waals surface area contributed by atoms with Gasteiger partial charge in [0.15, 0.2) is 0 Å². The van der Waals surface area contributed by atoms with Crippen molar-refractivity contribution in [1.29, 1.82) is 0 Å². The second kappa shape index (κ2) is 4.63. The molecule has 1 heterocycles. The minimum atomic E-state index is -0.889. The molecular weight excluding hydrogens is 210 g/mol. The molecule has 4 nitrogen and oxygen atoms in total. The lowest BCUT2D eigenvalue weighted by Gasteiger charge is -2.17. The number of hydrogen-bond donors (Lipinski definition) is 2. The molecule has 1 rings (SSSR count). The number of thioether (sulfide) groups is 1. The van der Waals surface area contributed by atoms with Crippen molar-refractivity contribution in [1.82, 2.24) is 4.98 Å². The highest BCUT2D eigenvalue weighted by molar-refractivity contribution is 7.98. The molecule has 0 aliphatic carbocycles. The van der Waals surface area contributed by atoms with Gasteiger partial charge in [-0.25, -0.2) is 4.98 Å². The average molecular weight is 225 g/mol. The maximum atomic E-state index is 11.5. The van der Waals surface area contributed by atoms with Gasteiger partial charge >= 0.3 is 0 Å². The SMILES string of the molecule is CSc1ccc(NC(=O)C(C)(C)N)nc1. The number of carbonyl (C=O) groups is 1. The number of anilines is 1. The molecule has 82 valence electrons. The Labute approximate surface area is 93.7 Å². The summed E-state index contributed by atoms with van der Waals surface area (Å²) in [6.07, 6.45) is 3.68. The van der Waals surface area contributed by atoms with E-state index in [0.717, 1.165) is 4.90 Å². The van der Waals surface area contributed by atoms with E-state index in [1.807, 2.05) is 12.3 Å². The van der Waals surface area contributed by atoms with E-state index in [-0.39, 0.29) is 5.91 Å². The van der Waals surface area contributed by atoms with Gasteiger partial charge in [-0.2, -0.15) is 0 Å². The molecule has 0 atom stereocenters. The highest BCUT2D eigenvalue weighted by Gasteiger charge is 2.21. The summed E-state index contributed by atoms with van der Waals surface area (Å²) in [5.74, 6) is 0.281. The van der Waals surface area contributed by atoms with Gasteiger partial charge in [0.1, 0.15) is 5.82 Å². The zero-order chi connectivity index (χ0) is 11.5. The van der Waals surface area contributed by atoms with Gasteiger partial charge in [0, 0.05) is 11.1 Å². The third-order valence-corrected chi connectivity index (χ3v) is 2.51. The Morgan fingerprint density at radius 1 is 1.53 bits per heavy atom. The first-order valence-corrected chi connectivity index (χ1v) is 5.76. The molecule has 0 bridgehead atoms. The van der Waals surface area contributed by atoms with Crippen molar-refractivity contribution in [2.45, 2.75) is 24.3 Å². The first kappa shape index (κ1) is 12.0. The van der Waals surface area contributed by atoms with Gasteiger partial charge in [0.2, 0.25) is 5.91 Å². The highest BCUT2D eigenvalue weighted by atomic mass is 32.2. The molecule has 15 heavy (non-hydrogen) atoms. The Morgan fingerprint density at radius 3 is 2.60 bits per heavy atom. The average Bonchev–Trinajstić information content (AvgIpc) is 2.17.